The van der Waals surface area contributed by atoms with E-state index in [0.717, 1.165) is 19.5 Å². The minimum Gasteiger partial charge on any atom is -0.462 e. The highest BCUT2D eigenvalue weighted by Gasteiger charge is 2.17. The van der Waals surface area contributed by atoms with E-state index in [1.807, 2.05) is 4.57 Å². The molecule has 0 bridgehead atoms. The molecule has 5 nitrogen and oxygen atoms in total. The van der Waals surface area contributed by atoms with Crippen LogP contribution >= 0.6 is 0 Å². The summed E-state index contributed by atoms with van der Waals surface area (Å²) in [6, 6.07) is 0.403. The Labute approximate surface area is 118 Å². The third-order valence-corrected chi connectivity index (χ3v) is 3.60. The van der Waals surface area contributed by atoms with Crippen molar-refractivity contribution >= 4 is 5.97 Å². The first-order valence-electron chi connectivity index (χ1n) is 7.23. The van der Waals surface area contributed by atoms with Gasteiger partial charge < -0.3 is 14.6 Å². The number of aryl methyl sites for hydroxylation is 1. The maximum atomic E-state index is 12.0. The van der Waals surface area contributed by atoms with Gasteiger partial charge in [0.25, 0.3) is 0 Å². The average Bonchev–Trinajstić information content (AvgIpc) is 2.44. The largest absolute Gasteiger partial charge is 0.462 e. The van der Waals surface area contributed by atoms with Gasteiger partial charge in [-0.3, -0.25) is 4.79 Å². The van der Waals surface area contributed by atoms with Gasteiger partial charge in [0.15, 0.2) is 5.43 Å². The Morgan fingerprint density at radius 1 is 1.45 bits per heavy atom. The number of carbonyl (C=O) groups is 1. The summed E-state index contributed by atoms with van der Waals surface area (Å²) in [7, 11) is 0. The molecule has 0 aliphatic carbocycles. The fourth-order valence-electron chi connectivity index (χ4n) is 2.58. The van der Waals surface area contributed by atoms with E-state index in [4.69, 9.17) is 4.74 Å². The fraction of sp³-hybridized carbons (Fsp3) is 0.600. The molecule has 1 saturated heterocycles. The summed E-state index contributed by atoms with van der Waals surface area (Å²) in [5.41, 5.74) is 0.463. The van der Waals surface area contributed by atoms with Crippen molar-refractivity contribution in [2.45, 2.75) is 45.7 Å². The van der Waals surface area contributed by atoms with Crippen molar-refractivity contribution in [3.8, 4) is 0 Å². The number of piperidine rings is 1. The second-order valence-electron chi connectivity index (χ2n) is 5.25. The Morgan fingerprint density at radius 3 is 2.90 bits per heavy atom. The molecule has 0 spiro atoms. The molecule has 1 unspecified atom stereocenters. The van der Waals surface area contributed by atoms with Crippen molar-refractivity contribution in [3.63, 3.8) is 0 Å². The first kappa shape index (κ1) is 14.8. The van der Waals surface area contributed by atoms with Gasteiger partial charge in [-0.05, 0) is 33.2 Å². The summed E-state index contributed by atoms with van der Waals surface area (Å²) in [5, 5.41) is 3.46. The quantitative estimate of drug-likeness (QED) is 0.847. The standard InChI is InChI=1S/C15H22N2O3/c1-3-20-15(19)13-10-17(8-11(2)14(13)18)9-12-6-4-5-7-16-12/h8,10,12,16H,3-7,9H2,1-2H3. The topological polar surface area (TPSA) is 60.3 Å². The molecule has 1 aliphatic heterocycles. The summed E-state index contributed by atoms with van der Waals surface area (Å²) < 4.78 is 6.86. The average molecular weight is 278 g/mol. The van der Waals surface area contributed by atoms with Crippen molar-refractivity contribution in [1.82, 2.24) is 9.88 Å². The molecule has 1 N–H and O–H groups in total. The number of carbonyl (C=O) groups excluding carboxylic acids is 1. The minimum absolute atomic E-state index is 0.127. The second-order valence-corrected chi connectivity index (χ2v) is 5.25. The first-order chi connectivity index (χ1) is 9.61. The Balaban J connectivity index is 2.21. The molecule has 1 atom stereocenters. The molecule has 0 aromatic carbocycles. The third kappa shape index (κ3) is 3.48. The molecular formula is C15H22N2O3. The van der Waals surface area contributed by atoms with E-state index in [1.54, 1.807) is 26.2 Å². The van der Waals surface area contributed by atoms with Crippen LogP contribution in [0, 0.1) is 6.92 Å². The fourth-order valence-corrected chi connectivity index (χ4v) is 2.58. The number of nitrogens with one attached hydrogen (secondary N) is 1. The molecular weight excluding hydrogens is 256 g/mol. The van der Waals surface area contributed by atoms with E-state index >= 15 is 0 Å². The van der Waals surface area contributed by atoms with Gasteiger partial charge in [-0.2, -0.15) is 0 Å². The van der Waals surface area contributed by atoms with Crippen molar-refractivity contribution in [2.24, 2.45) is 0 Å². The number of esters is 1. The van der Waals surface area contributed by atoms with E-state index < -0.39 is 5.97 Å². The summed E-state index contributed by atoms with van der Waals surface area (Å²) in [4.78, 5) is 23.8. The number of nitrogens with zero attached hydrogens (tertiary/aromatic N) is 1. The predicted octanol–water partition coefficient (Wildman–Crippen LogP) is 1.48. The number of hydrogen-bond acceptors (Lipinski definition) is 4. The van der Waals surface area contributed by atoms with Crippen LogP contribution in [-0.4, -0.2) is 29.7 Å². The lowest BCUT2D eigenvalue weighted by molar-refractivity contribution is 0.0523. The van der Waals surface area contributed by atoms with Gasteiger partial charge in [-0.1, -0.05) is 6.42 Å². The van der Waals surface area contributed by atoms with Crippen molar-refractivity contribution < 1.29 is 9.53 Å². The maximum Gasteiger partial charge on any atom is 0.343 e. The van der Waals surface area contributed by atoms with Crippen molar-refractivity contribution in [1.29, 1.82) is 0 Å². The van der Waals surface area contributed by atoms with Crippen LogP contribution in [0.2, 0.25) is 0 Å². The van der Waals surface area contributed by atoms with Gasteiger partial charge in [0.05, 0.1) is 6.61 Å². The molecule has 0 amide bonds. The first-order valence-corrected chi connectivity index (χ1v) is 7.23. The molecule has 0 radical (unpaired) electrons. The highest BCUT2D eigenvalue weighted by molar-refractivity contribution is 5.89. The van der Waals surface area contributed by atoms with Gasteiger partial charge in [0.1, 0.15) is 5.56 Å². The lowest BCUT2D eigenvalue weighted by Gasteiger charge is -2.24. The van der Waals surface area contributed by atoms with Crippen LogP contribution in [0.1, 0.15) is 42.1 Å². The van der Waals surface area contributed by atoms with Crippen LogP contribution in [0.4, 0.5) is 0 Å². The Bertz CT molecular complexity index is 530. The summed E-state index contributed by atoms with van der Waals surface area (Å²) in [6.45, 7) is 5.55. The monoisotopic (exact) mass is 278 g/mol. The van der Waals surface area contributed by atoms with E-state index in [0.29, 0.717) is 11.6 Å². The summed E-state index contributed by atoms with van der Waals surface area (Å²) >= 11 is 0. The van der Waals surface area contributed by atoms with Gasteiger partial charge in [0.2, 0.25) is 0 Å². The Morgan fingerprint density at radius 2 is 2.25 bits per heavy atom. The lowest BCUT2D eigenvalue weighted by atomic mass is 10.0. The zero-order valence-electron chi connectivity index (χ0n) is 12.1. The molecule has 1 fully saturated rings. The van der Waals surface area contributed by atoms with Crippen LogP contribution < -0.4 is 10.7 Å². The number of aromatic nitrogens is 1. The van der Waals surface area contributed by atoms with Gasteiger partial charge in [-0.25, -0.2) is 4.79 Å². The third-order valence-electron chi connectivity index (χ3n) is 3.60. The molecule has 0 saturated carbocycles. The molecule has 5 heteroatoms. The van der Waals surface area contributed by atoms with Crippen LogP contribution in [0.3, 0.4) is 0 Å². The maximum absolute atomic E-state index is 12.0. The second kappa shape index (κ2) is 6.70. The molecule has 1 aromatic heterocycles. The van der Waals surface area contributed by atoms with E-state index in [9.17, 15) is 9.59 Å². The highest BCUT2D eigenvalue weighted by atomic mass is 16.5. The summed E-state index contributed by atoms with van der Waals surface area (Å²) in [5.74, 6) is -0.536. The molecule has 2 rings (SSSR count). The van der Waals surface area contributed by atoms with Gasteiger partial charge in [-0.15, -0.1) is 0 Å². The molecule has 110 valence electrons. The zero-order chi connectivity index (χ0) is 14.5. The van der Waals surface area contributed by atoms with Crippen LogP contribution in [-0.2, 0) is 11.3 Å². The van der Waals surface area contributed by atoms with Crippen molar-refractivity contribution in [2.75, 3.05) is 13.2 Å². The Kier molecular flexibility index (Phi) is 4.95. The van der Waals surface area contributed by atoms with Crippen LogP contribution in [0.15, 0.2) is 17.2 Å². The number of hydrogen-bond donors (Lipinski definition) is 1. The lowest BCUT2D eigenvalue weighted by Crippen LogP contribution is -2.37. The minimum atomic E-state index is -0.536. The van der Waals surface area contributed by atoms with E-state index in [2.05, 4.69) is 5.32 Å². The normalized spacial score (nSPS) is 18.8. The van der Waals surface area contributed by atoms with Crippen LogP contribution in [0.25, 0.3) is 0 Å². The number of ether oxygens (including phenoxy) is 1. The molecule has 1 aromatic rings. The number of pyridine rings is 1. The van der Waals surface area contributed by atoms with Gasteiger partial charge in [0, 0.05) is 30.5 Å². The Hall–Kier alpha value is -1.62. The highest BCUT2D eigenvalue weighted by Crippen LogP contribution is 2.10. The van der Waals surface area contributed by atoms with E-state index in [-0.39, 0.29) is 17.6 Å². The van der Waals surface area contributed by atoms with Crippen molar-refractivity contribution in [3.05, 3.63) is 33.7 Å². The zero-order valence-corrected chi connectivity index (χ0v) is 12.1. The molecule has 2 heterocycles. The molecule has 1 aliphatic rings. The predicted molar refractivity (Wildman–Crippen MR) is 77.0 cm³/mol. The van der Waals surface area contributed by atoms with Crippen LogP contribution in [0.5, 0.6) is 0 Å². The molecule has 20 heavy (non-hydrogen) atoms. The van der Waals surface area contributed by atoms with E-state index in [1.165, 1.54) is 12.8 Å². The number of rotatable bonds is 4. The summed E-state index contributed by atoms with van der Waals surface area (Å²) in [6.07, 6.45) is 6.99. The smallest absolute Gasteiger partial charge is 0.343 e. The SMILES string of the molecule is CCOC(=O)c1cn(CC2CCCCN2)cc(C)c1=O. The van der Waals surface area contributed by atoms with Gasteiger partial charge >= 0.3 is 5.97 Å².